The number of amides is 1. The van der Waals surface area contributed by atoms with Crippen LogP contribution in [0.5, 0.6) is 0 Å². The Hall–Kier alpha value is -1.55. The Morgan fingerprint density at radius 1 is 1.17 bits per heavy atom. The third-order valence-electron chi connectivity index (χ3n) is 2.92. The molecule has 0 spiro atoms. The standard InChI is InChI=1S/C15H20N4O2S.HI/c1-16-15(18-7-6-12-4-3-11-22-12)19-9-8-17-14(20)13-5-2-10-21-13;/h2-5,10-11H,6-9H2,1H3,(H,17,20)(H2,16,18,19);1H. The molecular weight excluding hydrogens is 427 g/mol. The summed E-state index contributed by atoms with van der Waals surface area (Å²) >= 11 is 1.75. The molecule has 23 heavy (non-hydrogen) atoms. The Morgan fingerprint density at radius 3 is 2.61 bits per heavy atom. The monoisotopic (exact) mass is 448 g/mol. The molecule has 0 aromatic carbocycles. The van der Waals surface area contributed by atoms with Crippen LogP contribution < -0.4 is 16.0 Å². The van der Waals surface area contributed by atoms with Crippen molar-refractivity contribution in [1.29, 1.82) is 0 Å². The average molecular weight is 448 g/mol. The first kappa shape index (κ1) is 19.5. The number of carbonyl (C=O) groups is 1. The molecule has 0 bridgehead atoms. The van der Waals surface area contributed by atoms with Crippen molar-refractivity contribution >= 4 is 47.2 Å². The summed E-state index contributed by atoms with van der Waals surface area (Å²) in [7, 11) is 1.72. The Labute approximate surface area is 156 Å². The van der Waals surface area contributed by atoms with E-state index in [2.05, 4.69) is 38.5 Å². The zero-order chi connectivity index (χ0) is 15.6. The van der Waals surface area contributed by atoms with Gasteiger partial charge in [-0.3, -0.25) is 9.79 Å². The quantitative estimate of drug-likeness (QED) is 0.263. The first-order valence-corrected chi connectivity index (χ1v) is 7.96. The molecule has 0 radical (unpaired) electrons. The summed E-state index contributed by atoms with van der Waals surface area (Å²) in [5.74, 6) is 0.828. The van der Waals surface area contributed by atoms with Gasteiger partial charge in [-0.25, -0.2) is 0 Å². The van der Waals surface area contributed by atoms with Gasteiger partial charge in [0.25, 0.3) is 5.91 Å². The summed E-state index contributed by atoms with van der Waals surface area (Å²) in [6.45, 7) is 1.90. The fraction of sp³-hybridized carbons (Fsp3) is 0.333. The number of aliphatic imine (C=N–C) groups is 1. The lowest BCUT2D eigenvalue weighted by Crippen LogP contribution is -2.42. The average Bonchev–Trinajstić information content (AvgIpc) is 3.22. The fourth-order valence-corrected chi connectivity index (χ4v) is 2.54. The van der Waals surface area contributed by atoms with Gasteiger partial charge in [-0.05, 0) is 30.0 Å². The third-order valence-corrected chi connectivity index (χ3v) is 3.85. The van der Waals surface area contributed by atoms with Crippen LogP contribution in [0.1, 0.15) is 15.4 Å². The number of guanidine groups is 1. The van der Waals surface area contributed by atoms with Crippen molar-refractivity contribution in [2.75, 3.05) is 26.7 Å². The van der Waals surface area contributed by atoms with E-state index in [9.17, 15) is 4.79 Å². The predicted octanol–water partition coefficient (Wildman–Crippen LogP) is 2.10. The maximum Gasteiger partial charge on any atom is 0.287 e. The van der Waals surface area contributed by atoms with E-state index in [0.29, 0.717) is 18.8 Å². The number of carbonyl (C=O) groups excluding carboxylic acids is 1. The molecule has 0 aliphatic carbocycles. The topological polar surface area (TPSA) is 78.7 Å². The van der Waals surface area contributed by atoms with Crippen molar-refractivity contribution in [1.82, 2.24) is 16.0 Å². The van der Waals surface area contributed by atoms with Crippen LogP contribution in [0, 0.1) is 0 Å². The molecule has 0 fully saturated rings. The molecule has 0 unspecified atom stereocenters. The molecule has 3 N–H and O–H groups in total. The first-order valence-electron chi connectivity index (χ1n) is 7.08. The Bertz CT molecular complexity index is 585. The van der Waals surface area contributed by atoms with Crippen molar-refractivity contribution in [3.8, 4) is 0 Å². The van der Waals surface area contributed by atoms with E-state index in [4.69, 9.17) is 4.42 Å². The second kappa shape index (κ2) is 11.1. The van der Waals surface area contributed by atoms with E-state index in [1.165, 1.54) is 11.1 Å². The van der Waals surface area contributed by atoms with Gasteiger partial charge in [0.1, 0.15) is 0 Å². The second-order valence-corrected chi connectivity index (χ2v) is 5.52. The predicted molar refractivity (Wildman–Crippen MR) is 104 cm³/mol. The number of hydrogen-bond acceptors (Lipinski definition) is 4. The summed E-state index contributed by atoms with van der Waals surface area (Å²) in [5, 5.41) is 11.2. The minimum atomic E-state index is -0.215. The van der Waals surface area contributed by atoms with Crippen LogP contribution in [0.15, 0.2) is 45.3 Å². The molecular formula is C15H21IN4O2S. The molecule has 0 aliphatic rings. The van der Waals surface area contributed by atoms with Gasteiger partial charge in [-0.1, -0.05) is 6.07 Å². The molecule has 2 rings (SSSR count). The fourth-order valence-electron chi connectivity index (χ4n) is 1.83. The normalized spacial score (nSPS) is 10.7. The van der Waals surface area contributed by atoms with Gasteiger partial charge >= 0.3 is 0 Å². The molecule has 0 atom stereocenters. The van der Waals surface area contributed by atoms with E-state index in [-0.39, 0.29) is 29.9 Å². The molecule has 2 aromatic rings. The number of nitrogens with zero attached hydrogens (tertiary/aromatic N) is 1. The molecule has 126 valence electrons. The highest BCUT2D eigenvalue weighted by Gasteiger charge is 2.06. The van der Waals surface area contributed by atoms with Crippen molar-refractivity contribution in [3.05, 3.63) is 46.5 Å². The Balaban J connectivity index is 0.00000264. The molecule has 2 aromatic heterocycles. The first-order chi connectivity index (χ1) is 10.8. The molecule has 1 amide bonds. The zero-order valence-corrected chi connectivity index (χ0v) is 16.0. The smallest absolute Gasteiger partial charge is 0.287 e. The van der Waals surface area contributed by atoms with Crippen LogP contribution >= 0.6 is 35.3 Å². The number of furan rings is 1. The van der Waals surface area contributed by atoms with Crippen LogP contribution in [-0.4, -0.2) is 38.5 Å². The van der Waals surface area contributed by atoms with E-state index in [0.717, 1.165) is 18.9 Å². The molecule has 0 saturated heterocycles. The summed E-state index contributed by atoms with van der Waals surface area (Å²) in [6, 6.07) is 7.49. The minimum Gasteiger partial charge on any atom is -0.459 e. The van der Waals surface area contributed by atoms with Crippen LogP contribution in [-0.2, 0) is 6.42 Å². The van der Waals surface area contributed by atoms with Crippen LogP contribution in [0.4, 0.5) is 0 Å². The highest BCUT2D eigenvalue weighted by Crippen LogP contribution is 2.07. The maximum atomic E-state index is 11.6. The van der Waals surface area contributed by atoms with Crippen molar-refractivity contribution in [2.24, 2.45) is 4.99 Å². The van der Waals surface area contributed by atoms with Gasteiger partial charge in [0.15, 0.2) is 11.7 Å². The second-order valence-electron chi connectivity index (χ2n) is 4.49. The van der Waals surface area contributed by atoms with Gasteiger partial charge in [-0.2, -0.15) is 0 Å². The van der Waals surface area contributed by atoms with Gasteiger partial charge < -0.3 is 20.4 Å². The van der Waals surface area contributed by atoms with Crippen LogP contribution in [0.3, 0.4) is 0 Å². The zero-order valence-electron chi connectivity index (χ0n) is 12.9. The summed E-state index contributed by atoms with van der Waals surface area (Å²) in [5.41, 5.74) is 0. The lowest BCUT2D eigenvalue weighted by Gasteiger charge is -2.11. The largest absolute Gasteiger partial charge is 0.459 e. The lowest BCUT2D eigenvalue weighted by atomic mass is 10.3. The van der Waals surface area contributed by atoms with E-state index in [1.807, 2.05) is 0 Å². The lowest BCUT2D eigenvalue weighted by molar-refractivity contribution is 0.0926. The van der Waals surface area contributed by atoms with Gasteiger partial charge in [0.05, 0.1) is 6.26 Å². The number of rotatable bonds is 7. The third kappa shape index (κ3) is 7.04. The van der Waals surface area contributed by atoms with E-state index >= 15 is 0 Å². The van der Waals surface area contributed by atoms with Gasteiger partial charge in [0.2, 0.25) is 0 Å². The van der Waals surface area contributed by atoms with Crippen LogP contribution in [0.2, 0.25) is 0 Å². The molecule has 2 heterocycles. The van der Waals surface area contributed by atoms with Crippen LogP contribution in [0.25, 0.3) is 0 Å². The maximum absolute atomic E-state index is 11.6. The van der Waals surface area contributed by atoms with E-state index < -0.39 is 0 Å². The van der Waals surface area contributed by atoms with Crippen molar-refractivity contribution in [3.63, 3.8) is 0 Å². The highest BCUT2D eigenvalue weighted by molar-refractivity contribution is 14.0. The van der Waals surface area contributed by atoms with Gasteiger partial charge in [-0.15, -0.1) is 35.3 Å². The number of nitrogens with one attached hydrogen (secondary N) is 3. The van der Waals surface area contributed by atoms with Gasteiger partial charge in [0, 0.05) is 31.6 Å². The summed E-state index contributed by atoms with van der Waals surface area (Å²) in [6.07, 6.45) is 2.44. The Kier molecular flexibility index (Phi) is 9.37. The molecule has 8 heteroatoms. The number of thiophene rings is 1. The summed E-state index contributed by atoms with van der Waals surface area (Å²) in [4.78, 5) is 17.1. The minimum absolute atomic E-state index is 0. The Morgan fingerprint density at radius 2 is 1.96 bits per heavy atom. The SMILES string of the molecule is CN=C(NCCNC(=O)c1ccco1)NCCc1cccs1.I. The molecule has 0 saturated carbocycles. The van der Waals surface area contributed by atoms with Crippen molar-refractivity contribution < 1.29 is 9.21 Å². The number of halogens is 1. The summed E-state index contributed by atoms with van der Waals surface area (Å²) < 4.78 is 5.02. The molecule has 0 aliphatic heterocycles. The number of hydrogen-bond donors (Lipinski definition) is 3. The van der Waals surface area contributed by atoms with Crippen molar-refractivity contribution in [2.45, 2.75) is 6.42 Å². The molecule has 6 nitrogen and oxygen atoms in total. The van der Waals surface area contributed by atoms with E-state index in [1.54, 1.807) is 30.5 Å². The highest BCUT2D eigenvalue weighted by atomic mass is 127.